The molecule has 2 aromatic carbocycles. The molecule has 0 spiro atoms. The first-order chi connectivity index (χ1) is 18.0. The number of hydrogen-bond donors (Lipinski definition) is 2. The van der Waals surface area contributed by atoms with Gasteiger partial charge in [0.25, 0.3) is 0 Å². The Balaban J connectivity index is 1.10. The van der Waals surface area contributed by atoms with Crippen LogP contribution in [0, 0.1) is 5.41 Å². The number of thioether (sulfide) groups is 1. The number of aromatic nitrogens is 5. The molecule has 5 heterocycles. The number of aromatic amines is 1. The van der Waals surface area contributed by atoms with Crippen LogP contribution in [0.4, 0.5) is 0 Å². The van der Waals surface area contributed by atoms with Gasteiger partial charge >= 0.3 is 0 Å². The summed E-state index contributed by atoms with van der Waals surface area (Å²) in [6.45, 7) is 4.26. The van der Waals surface area contributed by atoms with Gasteiger partial charge in [-0.3, -0.25) is 14.9 Å². The molecule has 8 rings (SSSR count). The first kappa shape index (κ1) is 22.5. The SMILES string of the molecule is CC12CC(C)(C(=O)NC3=NC(Cc4ccc(-c5cn[nH]c5)cc4)CS3)C(c3ccccc31)n1cnnc12. The number of amidine groups is 1. The Morgan fingerprint density at radius 2 is 2.00 bits per heavy atom. The van der Waals surface area contributed by atoms with Gasteiger partial charge in [0, 0.05) is 17.5 Å². The highest BCUT2D eigenvalue weighted by molar-refractivity contribution is 8.14. The van der Waals surface area contributed by atoms with E-state index in [1.165, 1.54) is 16.7 Å². The smallest absolute Gasteiger partial charge is 0.234 e. The van der Waals surface area contributed by atoms with Gasteiger partial charge in [-0.1, -0.05) is 60.3 Å². The molecule has 1 amide bonds. The molecule has 0 saturated heterocycles. The highest BCUT2D eigenvalue weighted by atomic mass is 32.2. The largest absolute Gasteiger partial charge is 0.308 e. The predicted molar refractivity (Wildman–Crippen MR) is 143 cm³/mol. The average Bonchev–Trinajstić information content (AvgIpc) is 3.68. The van der Waals surface area contributed by atoms with E-state index in [9.17, 15) is 4.79 Å². The molecule has 4 atom stereocenters. The number of carbonyl (C=O) groups excluding carboxylic acids is 1. The topological polar surface area (TPSA) is 101 Å². The Morgan fingerprint density at radius 1 is 1.16 bits per heavy atom. The van der Waals surface area contributed by atoms with Gasteiger partial charge in [0.2, 0.25) is 5.91 Å². The zero-order valence-corrected chi connectivity index (χ0v) is 21.5. The van der Waals surface area contributed by atoms with Gasteiger partial charge in [-0.2, -0.15) is 5.10 Å². The fraction of sp³-hybridized carbons (Fsp3) is 0.321. The van der Waals surface area contributed by atoms with Crippen molar-refractivity contribution in [2.45, 2.75) is 44.2 Å². The fourth-order valence-electron chi connectivity index (χ4n) is 6.54. The summed E-state index contributed by atoms with van der Waals surface area (Å²) in [4.78, 5) is 18.8. The van der Waals surface area contributed by atoms with Crippen LogP contribution in [0.5, 0.6) is 0 Å². The quantitative estimate of drug-likeness (QED) is 0.431. The first-order valence-corrected chi connectivity index (χ1v) is 13.5. The van der Waals surface area contributed by atoms with E-state index in [0.717, 1.165) is 34.3 Å². The number of benzene rings is 2. The highest BCUT2D eigenvalue weighted by Gasteiger charge is 2.60. The van der Waals surface area contributed by atoms with Crippen molar-refractivity contribution in [3.05, 3.63) is 89.8 Å². The third-order valence-corrected chi connectivity index (χ3v) is 9.26. The van der Waals surface area contributed by atoms with Crippen molar-refractivity contribution in [1.82, 2.24) is 30.3 Å². The van der Waals surface area contributed by atoms with Gasteiger partial charge in [0.05, 0.1) is 29.1 Å². The van der Waals surface area contributed by atoms with E-state index >= 15 is 0 Å². The average molecular weight is 510 g/mol. The molecule has 9 heteroatoms. The molecule has 2 N–H and O–H groups in total. The Bertz CT molecular complexity index is 1530. The van der Waals surface area contributed by atoms with E-state index in [1.807, 2.05) is 12.4 Å². The third-order valence-electron chi connectivity index (χ3n) is 8.23. The summed E-state index contributed by atoms with van der Waals surface area (Å²) in [5.74, 6) is 1.80. The zero-order valence-electron chi connectivity index (χ0n) is 20.7. The molecule has 4 unspecified atom stereocenters. The van der Waals surface area contributed by atoms with Gasteiger partial charge in [-0.05, 0) is 48.9 Å². The molecule has 2 bridgehead atoms. The molecular formula is C28H27N7OS. The van der Waals surface area contributed by atoms with Crippen LogP contribution in [0.15, 0.2) is 72.2 Å². The molecule has 0 radical (unpaired) electrons. The van der Waals surface area contributed by atoms with Crippen molar-refractivity contribution in [1.29, 1.82) is 0 Å². The van der Waals surface area contributed by atoms with Crippen molar-refractivity contribution < 1.29 is 4.79 Å². The number of fused-ring (bicyclic) bond motifs is 1. The minimum Gasteiger partial charge on any atom is -0.308 e. The number of H-pyrrole nitrogens is 1. The molecule has 0 fully saturated rings. The van der Waals surface area contributed by atoms with Crippen LogP contribution in [0.2, 0.25) is 0 Å². The summed E-state index contributed by atoms with van der Waals surface area (Å²) < 4.78 is 2.10. The van der Waals surface area contributed by atoms with E-state index in [-0.39, 0.29) is 23.4 Å². The van der Waals surface area contributed by atoms with Crippen LogP contribution in [0.1, 0.15) is 48.8 Å². The second kappa shape index (κ2) is 8.14. The van der Waals surface area contributed by atoms with Gasteiger partial charge < -0.3 is 9.88 Å². The monoisotopic (exact) mass is 509 g/mol. The predicted octanol–water partition coefficient (Wildman–Crippen LogP) is 4.12. The van der Waals surface area contributed by atoms with Gasteiger partial charge in [-0.25, -0.2) is 0 Å². The van der Waals surface area contributed by atoms with Crippen LogP contribution in [-0.2, 0) is 16.6 Å². The van der Waals surface area contributed by atoms with Gasteiger partial charge in [-0.15, -0.1) is 10.2 Å². The van der Waals surface area contributed by atoms with E-state index < -0.39 is 5.41 Å². The summed E-state index contributed by atoms with van der Waals surface area (Å²) in [5.41, 5.74) is 4.85. The maximum Gasteiger partial charge on any atom is 0.234 e. The molecule has 4 aromatic rings. The number of hydrogen-bond acceptors (Lipinski definition) is 6. The molecule has 8 nitrogen and oxygen atoms in total. The summed E-state index contributed by atoms with van der Waals surface area (Å²) in [5, 5.41) is 19.5. The number of nitrogens with one attached hydrogen (secondary N) is 2. The van der Waals surface area contributed by atoms with Crippen LogP contribution in [-0.4, -0.2) is 47.8 Å². The highest BCUT2D eigenvalue weighted by Crippen LogP contribution is 2.60. The lowest BCUT2D eigenvalue weighted by Crippen LogP contribution is -2.57. The molecule has 0 saturated carbocycles. The summed E-state index contributed by atoms with van der Waals surface area (Å²) in [6, 6.07) is 16.9. The minimum atomic E-state index is -0.650. The number of rotatable bonds is 4. The van der Waals surface area contributed by atoms with Crippen molar-refractivity contribution >= 4 is 22.8 Å². The number of nitrogens with zero attached hydrogens (tertiary/aromatic N) is 5. The minimum absolute atomic E-state index is 0.00828. The van der Waals surface area contributed by atoms with Gasteiger partial charge in [0.1, 0.15) is 12.2 Å². The van der Waals surface area contributed by atoms with Crippen LogP contribution in [0.25, 0.3) is 11.1 Å². The molecule has 4 aliphatic rings. The lowest BCUT2D eigenvalue weighted by atomic mass is 9.55. The summed E-state index contributed by atoms with van der Waals surface area (Å²) >= 11 is 1.63. The lowest BCUT2D eigenvalue weighted by Gasteiger charge is -2.54. The molecule has 1 aliphatic carbocycles. The van der Waals surface area contributed by atoms with E-state index in [0.29, 0.717) is 6.42 Å². The second-order valence-electron chi connectivity index (χ2n) is 10.7. The van der Waals surface area contributed by atoms with E-state index in [2.05, 4.69) is 92.7 Å². The van der Waals surface area contributed by atoms with Gasteiger partial charge in [0.15, 0.2) is 5.17 Å². The third kappa shape index (κ3) is 3.40. The Labute approximate surface area is 219 Å². The Kier molecular flexibility index (Phi) is 4.95. The lowest BCUT2D eigenvalue weighted by molar-refractivity contribution is -0.133. The number of aliphatic imine (C=N–C) groups is 1. The van der Waals surface area contributed by atoms with E-state index in [1.54, 1.807) is 18.1 Å². The standard InChI is InChI=1S/C28H27N7OS/c1-27-15-28(2,23(35-16-31-34-24(27)35)21-5-3-4-6-22(21)27)25(36)33-26-32-20(14-37-26)11-17-7-9-18(10-8-17)19-12-29-30-13-19/h3-10,12-13,16,20,23H,11,14-15H2,1-2H3,(H,29,30)(H,32,33,36). The first-order valence-electron chi connectivity index (χ1n) is 12.6. The zero-order chi connectivity index (χ0) is 25.2. The summed E-state index contributed by atoms with van der Waals surface area (Å²) in [7, 11) is 0. The van der Waals surface area contributed by atoms with Crippen LogP contribution < -0.4 is 5.32 Å². The fourth-order valence-corrected chi connectivity index (χ4v) is 7.47. The van der Waals surface area contributed by atoms with Crippen LogP contribution in [0.3, 0.4) is 0 Å². The van der Waals surface area contributed by atoms with Crippen molar-refractivity contribution in [2.75, 3.05) is 5.75 Å². The molecule has 186 valence electrons. The normalized spacial score (nSPS) is 27.5. The molecular weight excluding hydrogens is 482 g/mol. The van der Waals surface area contributed by atoms with E-state index in [4.69, 9.17) is 4.99 Å². The number of amides is 1. The van der Waals surface area contributed by atoms with Crippen molar-refractivity contribution in [3.8, 4) is 11.1 Å². The summed E-state index contributed by atoms with van der Waals surface area (Å²) in [6.07, 6.45) is 7.01. The Hall–Kier alpha value is -3.72. The van der Waals surface area contributed by atoms with Crippen molar-refractivity contribution in [2.24, 2.45) is 10.4 Å². The second-order valence-corrected chi connectivity index (χ2v) is 11.7. The van der Waals surface area contributed by atoms with Crippen molar-refractivity contribution in [3.63, 3.8) is 0 Å². The maximum absolute atomic E-state index is 13.9. The molecule has 3 aliphatic heterocycles. The molecule has 37 heavy (non-hydrogen) atoms. The maximum atomic E-state index is 13.9. The molecule has 2 aromatic heterocycles. The Morgan fingerprint density at radius 3 is 2.81 bits per heavy atom. The number of carbonyl (C=O) groups is 1. The van der Waals surface area contributed by atoms with Crippen LogP contribution >= 0.6 is 11.8 Å².